The van der Waals surface area contributed by atoms with E-state index in [2.05, 4.69) is 20.6 Å². The molecule has 96 valence electrons. The number of rotatable bonds is 2. The van der Waals surface area contributed by atoms with E-state index < -0.39 is 0 Å². The van der Waals surface area contributed by atoms with Gasteiger partial charge in [-0.1, -0.05) is 12.1 Å². The van der Waals surface area contributed by atoms with Gasteiger partial charge in [-0.05, 0) is 12.1 Å². The summed E-state index contributed by atoms with van der Waals surface area (Å²) in [5, 5.41) is 5.78. The van der Waals surface area contributed by atoms with Crippen molar-refractivity contribution in [2.75, 3.05) is 29.1 Å². The van der Waals surface area contributed by atoms with Crippen LogP contribution in [0.2, 0.25) is 0 Å². The van der Waals surface area contributed by atoms with Crippen LogP contribution in [0.5, 0.6) is 0 Å². The summed E-state index contributed by atoms with van der Waals surface area (Å²) in [6.45, 7) is 0.235. The lowest BCUT2D eigenvalue weighted by atomic mass is 10.2. The molecule has 1 aromatic heterocycles. The standard InChI is InChI=1S/C13H13N5O/c1-14-11-6-15-7-12(17-11)18-8-13(19)16-9-4-2-3-5-10(9)18/h2-7H,8H2,1H3,(H,14,17)(H,16,19). The van der Waals surface area contributed by atoms with Gasteiger partial charge in [-0.2, -0.15) is 0 Å². The number of nitrogens with one attached hydrogen (secondary N) is 2. The lowest BCUT2D eigenvalue weighted by Gasteiger charge is -2.29. The molecule has 0 saturated carbocycles. The van der Waals surface area contributed by atoms with E-state index >= 15 is 0 Å². The van der Waals surface area contributed by atoms with Crippen LogP contribution in [0.25, 0.3) is 0 Å². The number of carbonyl (C=O) groups excluding carboxylic acids is 1. The van der Waals surface area contributed by atoms with Crippen molar-refractivity contribution in [3.63, 3.8) is 0 Å². The first kappa shape index (κ1) is 11.5. The van der Waals surface area contributed by atoms with E-state index in [0.29, 0.717) is 11.6 Å². The molecule has 2 N–H and O–H groups in total. The average molecular weight is 255 g/mol. The Kier molecular flexibility index (Phi) is 2.75. The van der Waals surface area contributed by atoms with Crippen LogP contribution in [-0.2, 0) is 4.79 Å². The number of aromatic nitrogens is 2. The molecule has 19 heavy (non-hydrogen) atoms. The van der Waals surface area contributed by atoms with Crippen LogP contribution in [-0.4, -0.2) is 29.5 Å². The molecule has 1 aliphatic heterocycles. The molecule has 1 amide bonds. The van der Waals surface area contributed by atoms with E-state index in [1.807, 2.05) is 29.2 Å². The minimum atomic E-state index is -0.0599. The van der Waals surface area contributed by atoms with E-state index in [1.54, 1.807) is 19.4 Å². The Bertz CT molecular complexity index is 628. The molecule has 6 heteroatoms. The van der Waals surface area contributed by atoms with Gasteiger partial charge in [-0.3, -0.25) is 9.78 Å². The number of anilines is 4. The SMILES string of the molecule is CNc1cncc(N2CC(=O)Nc3ccccc32)n1. The molecule has 2 heterocycles. The fraction of sp³-hybridized carbons (Fsp3) is 0.154. The fourth-order valence-electron chi connectivity index (χ4n) is 2.04. The van der Waals surface area contributed by atoms with Gasteiger partial charge in [0.15, 0.2) is 5.82 Å². The van der Waals surface area contributed by atoms with Crippen LogP contribution in [0, 0.1) is 0 Å². The maximum atomic E-state index is 11.7. The van der Waals surface area contributed by atoms with Crippen molar-refractivity contribution in [1.82, 2.24) is 9.97 Å². The van der Waals surface area contributed by atoms with Crippen LogP contribution >= 0.6 is 0 Å². The third-order valence-electron chi connectivity index (χ3n) is 2.93. The first-order valence-electron chi connectivity index (χ1n) is 5.94. The first-order valence-corrected chi connectivity index (χ1v) is 5.94. The van der Waals surface area contributed by atoms with Crippen LogP contribution < -0.4 is 15.5 Å². The topological polar surface area (TPSA) is 70.2 Å². The monoisotopic (exact) mass is 255 g/mol. The van der Waals surface area contributed by atoms with Crippen molar-refractivity contribution < 1.29 is 4.79 Å². The number of nitrogens with zero attached hydrogens (tertiary/aromatic N) is 3. The van der Waals surface area contributed by atoms with Gasteiger partial charge < -0.3 is 15.5 Å². The molecule has 0 fully saturated rings. The molecule has 0 unspecified atom stereocenters. The van der Waals surface area contributed by atoms with Gasteiger partial charge in [0.05, 0.1) is 23.8 Å². The van der Waals surface area contributed by atoms with Gasteiger partial charge in [-0.15, -0.1) is 0 Å². The highest BCUT2D eigenvalue weighted by molar-refractivity contribution is 6.02. The molecule has 0 radical (unpaired) electrons. The lowest BCUT2D eigenvalue weighted by Crippen LogP contribution is -2.35. The van der Waals surface area contributed by atoms with Gasteiger partial charge in [-0.25, -0.2) is 4.98 Å². The first-order chi connectivity index (χ1) is 9.28. The molecular weight excluding hydrogens is 242 g/mol. The maximum Gasteiger partial charge on any atom is 0.244 e. The van der Waals surface area contributed by atoms with Crippen LogP contribution in [0.3, 0.4) is 0 Å². The smallest absolute Gasteiger partial charge is 0.244 e. The molecule has 0 atom stereocenters. The Labute approximate surface area is 110 Å². The van der Waals surface area contributed by atoms with Gasteiger partial charge in [0.25, 0.3) is 0 Å². The Morgan fingerprint density at radius 2 is 2.16 bits per heavy atom. The van der Waals surface area contributed by atoms with Crippen molar-refractivity contribution in [3.05, 3.63) is 36.7 Å². The highest BCUT2D eigenvalue weighted by atomic mass is 16.2. The summed E-state index contributed by atoms with van der Waals surface area (Å²) in [5.41, 5.74) is 1.71. The van der Waals surface area contributed by atoms with E-state index in [9.17, 15) is 4.79 Å². The maximum absolute atomic E-state index is 11.7. The van der Waals surface area contributed by atoms with Crippen molar-refractivity contribution in [1.29, 1.82) is 0 Å². The van der Waals surface area contributed by atoms with Crippen molar-refractivity contribution in [3.8, 4) is 0 Å². The molecule has 2 aromatic rings. The van der Waals surface area contributed by atoms with Gasteiger partial charge in [0.1, 0.15) is 12.4 Å². The van der Waals surface area contributed by atoms with E-state index in [-0.39, 0.29) is 12.5 Å². The largest absolute Gasteiger partial charge is 0.372 e. The predicted molar refractivity (Wildman–Crippen MR) is 73.7 cm³/mol. The highest BCUT2D eigenvalue weighted by Gasteiger charge is 2.23. The molecule has 3 rings (SSSR count). The Hall–Kier alpha value is -2.63. The summed E-state index contributed by atoms with van der Waals surface area (Å²) in [5.74, 6) is 1.26. The summed E-state index contributed by atoms with van der Waals surface area (Å²) in [6.07, 6.45) is 3.29. The van der Waals surface area contributed by atoms with Crippen molar-refractivity contribution in [2.45, 2.75) is 0 Å². The summed E-state index contributed by atoms with van der Waals surface area (Å²) >= 11 is 0. The highest BCUT2D eigenvalue weighted by Crippen LogP contribution is 2.33. The molecule has 1 aromatic carbocycles. The second-order valence-corrected chi connectivity index (χ2v) is 4.16. The second-order valence-electron chi connectivity index (χ2n) is 4.16. The van der Waals surface area contributed by atoms with Gasteiger partial charge in [0, 0.05) is 7.05 Å². The summed E-state index contributed by atoms with van der Waals surface area (Å²) in [6, 6.07) is 7.63. The summed E-state index contributed by atoms with van der Waals surface area (Å²) in [7, 11) is 1.78. The number of carbonyl (C=O) groups is 1. The minimum absolute atomic E-state index is 0.0599. The van der Waals surface area contributed by atoms with Crippen LogP contribution in [0.4, 0.5) is 23.0 Å². The summed E-state index contributed by atoms with van der Waals surface area (Å²) in [4.78, 5) is 22.1. The van der Waals surface area contributed by atoms with E-state index in [4.69, 9.17) is 0 Å². The van der Waals surface area contributed by atoms with Crippen molar-refractivity contribution in [2.24, 2.45) is 0 Å². The molecule has 0 aliphatic carbocycles. The zero-order valence-corrected chi connectivity index (χ0v) is 10.4. The zero-order valence-electron chi connectivity index (χ0n) is 10.4. The Balaban J connectivity index is 2.07. The van der Waals surface area contributed by atoms with Crippen molar-refractivity contribution >= 4 is 28.9 Å². The normalized spacial score (nSPS) is 13.7. The summed E-state index contributed by atoms with van der Waals surface area (Å²) < 4.78 is 0. The number of hydrogen-bond acceptors (Lipinski definition) is 5. The molecule has 0 saturated heterocycles. The predicted octanol–water partition coefficient (Wildman–Crippen LogP) is 1.61. The van der Waals surface area contributed by atoms with E-state index in [1.165, 1.54) is 0 Å². The zero-order chi connectivity index (χ0) is 13.2. The minimum Gasteiger partial charge on any atom is -0.372 e. The molecule has 0 spiro atoms. The molecule has 0 bridgehead atoms. The van der Waals surface area contributed by atoms with Gasteiger partial charge >= 0.3 is 0 Å². The fourth-order valence-corrected chi connectivity index (χ4v) is 2.04. The molecule has 6 nitrogen and oxygen atoms in total. The van der Waals surface area contributed by atoms with E-state index in [0.717, 1.165) is 11.4 Å². The van der Waals surface area contributed by atoms with Crippen LogP contribution in [0.1, 0.15) is 0 Å². The number of benzene rings is 1. The Morgan fingerprint density at radius 3 is 3.00 bits per heavy atom. The number of amides is 1. The van der Waals surface area contributed by atoms with Crippen LogP contribution in [0.15, 0.2) is 36.7 Å². The second kappa shape index (κ2) is 4.56. The molecule has 1 aliphatic rings. The molecular formula is C13H13N5O. The third kappa shape index (κ3) is 2.08. The Morgan fingerprint density at radius 1 is 1.32 bits per heavy atom. The lowest BCUT2D eigenvalue weighted by molar-refractivity contribution is -0.115. The number of hydrogen-bond donors (Lipinski definition) is 2. The number of para-hydroxylation sites is 2. The average Bonchev–Trinajstić information content (AvgIpc) is 2.46. The number of fused-ring (bicyclic) bond motifs is 1. The van der Waals surface area contributed by atoms with Gasteiger partial charge in [0.2, 0.25) is 5.91 Å². The third-order valence-corrected chi connectivity index (χ3v) is 2.93. The quantitative estimate of drug-likeness (QED) is 0.853.